The molecule has 112 valence electrons. The minimum atomic E-state index is -0.883. The van der Waals surface area contributed by atoms with Crippen molar-refractivity contribution in [2.45, 2.75) is 23.9 Å². The van der Waals surface area contributed by atoms with Crippen LogP contribution in [0.3, 0.4) is 0 Å². The van der Waals surface area contributed by atoms with Crippen LogP contribution < -0.4 is 0 Å². The summed E-state index contributed by atoms with van der Waals surface area (Å²) in [6, 6.07) is 18.5. The Morgan fingerprint density at radius 1 is 0.913 bits per heavy atom. The number of benzene rings is 3. The van der Waals surface area contributed by atoms with Crippen molar-refractivity contribution >= 4 is 10.8 Å². The second-order valence-corrected chi connectivity index (χ2v) is 6.69. The van der Waals surface area contributed by atoms with Gasteiger partial charge in [0.2, 0.25) is 0 Å². The molecular weight excluding hydrogens is 288 g/mol. The van der Waals surface area contributed by atoms with E-state index in [4.69, 9.17) is 4.74 Å². The molecule has 3 aliphatic rings. The number of aliphatic hydroxyl groups excluding tert-OH is 2. The number of ether oxygens (including phenoxy) is 1. The topological polar surface area (TPSA) is 53.0 Å². The Hall–Kier alpha value is -2.20. The number of fused-ring (bicyclic) bond motifs is 4. The van der Waals surface area contributed by atoms with Crippen LogP contribution in [0.2, 0.25) is 0 Å². The first-order valence-electron chi connectivity index (χ1n) is 7.93. The number of hydrogen-bond donors (Lipinski definition) is 2. The second kappa shape index (κ2) is 3.65. The number of hydrogen-bond acceptors (Lipinski definition) is 3. The van der Waals surface area contributed by atoms with Crippen LogP contribution in [-0.2, 0) is 10.3 Å². The Labute approximate surface area is 132 Å². The van der Waals surface area contributed by atoms with Gasteiger partial charge in [0.05, 0.1) is 0 Å². The zero-order valence-electron chi connectivity index (χ0n) is 12.2. The van der Waals surface area contributed by atoms with Crippen LogP contribution in [0.4, 0.5) is 0 Å². The van der Waals surface area contributed by atoms with Gasteiger partial charge >= 0.3 is 0 Å². The van der Waals surface area contributed by atoms with E-state index in [9.17, 15) is 10.2 Å². The summed E-state index contributed by atoms with van der Waals surface area (Å²) >= 11 is 0. The van der Waals surface area contributed by atoms with E-state index < -0.39 is 17.8 Å². The molecular formula is C20H14O3. The largest absolute Gasteiger partial charge is 0.387 e. The average molecular weight is 302 g/mol. The maximum atomic E-state index is 10.5. The fourth-order valence-electron chi connectivity index (χ4n) is 4.69. The van der Waals surface area contributed by atoms with E-state index in [-0.39, 0.29) is 6.10 Å². The number of rotatable bonds is 0. The molecule has 3 heteroatoms. The third-order valence-electron chi connectivity index (χ3n) is 5.68. The average Bonchev–Trinajstić information content (AvgIpc) is 3.28. The molecule has 3 nitrogen and oxygen atoms in total. The first-order chi connectivity index (χ1) is 11.2. The van der Waals surface area contributed by atoms with E-state index in [1.165, 1.54) is 16.3 Å². The van der Waals surface area contributed by atoms with Crippen molar-refractivity contribution < 1.29 is 14.9 Å². The van der Waals surface area contributed by atoms with E-state index in [0.29, 0.717) is 0 Å². The molecule has 2 aliphatic carbocycles. The molecule has 1 aliphatic heterocycles. The minimum absolute atomic E-state index is 0.353. The molecule has 1 spiro atoms. The predicted molar refractivity (Wildman–Crippen MR) is 86.0 cm³/mol. The fourth-order valence-corrected chi connectivity index (χ4v) is 4.69. The van der Waals surface area contributed by atoms with Crippen molar-refractivity contribution in [2.24, 2.45) is 0 Å². The van der Waals surface area contributed by atoms with Crippen molar-refractivity contribution in [3.63, 3.8) is 0 Å². The molecule has 2 N–H and O–H groups in total. The van der Waals surface area contributed by atoms with Gasteiger partial charge in [-0.1, -0.05) is 54.6 Å². The molecule has 0 saturated carbocycles. The van der Waals surface area contributed by atoms with Crippen LogP contribution in [0.15, 0.2) is 54.6 Å². The van der Waals surface area contributed by atoms with Crippen molar-refractivity contribution in [1.82, 2.24) is 0 Å². The monoisotopic (exact) mass is 302 g/mol. The number of epoxide rings is 1. The van der Waals surface area contributed by atoms with E-state index >= 15 is 0 Å². The van der Waals surface area contributed by atoms with Crippen LogP contribution in [0.25, 0.3) is 21.9 Å². The van der Waals surface area contributed by atoms with E-state index in [1.807, 2.05) is 24.3 Å². The molecule has 1 fully saturated rings. The smallest absolute Gasteiger partial charge is 0.149 e. The molecule has 23 heavy (non-hydrogen) atoms. The molecule has 1 heterocycles. The summed E-state index contributed by atoms with van der Waals surface area (Å²) in [7, 11) is 0. The molecule has 3 aromatic carbocycles. The normalized spacial score (nSPS) is 32.3. The van der Waals surface area contributed by atoms with Gasteiger partial charge in [-0.25, -0.2) is 0 Å². The molecule has 3 aromatic rings. The van der Waals surface area contributed by atoms with Crippen LogP contribution >= 0.6 is 0 Å². The molecule has 0 aromatic heterocycles. The predicted octanol–water partition coefficient (Wildman–Crippen LogP) is 2.87. The zero-order chi connectivity index (χ0) is 15.3. The van der Waals surface area contributed by atoms with Gasteiger partial charge in [-0.15, -0.1) is 0 Å². The Morgan fingerprint density at radius 3 is 2.70 bits per heavy atom. The molecule has 0 unspecified atom stereocenters. The second-order valence-electron chi connectivity index (χ2n) is 6.69. The summed E-state index contributed by atoms with van der Waals surface area (Å²) in [5.74, 6) is 0. The van der Waals surface area contributed by atoms with Gasteiger partial charge in [0, 0.05) is 5.56 Å². The first-order valence-corrected chi connectivity index (χ1v) is 7.93. The lowest BCUT2D eigenvalue weighted by Crippen LogP contribution is -2.34. The molecule has 1 saturated heterocycles. The van der Waals surface area contributed by atoms with Crippen molar-refractivity contribution in [1.29, 1.82) is 0 Å². The SMILES string of the molecule is O[C@H]1[C@H](O)c2cccc3c2[C@]2(O[C@@H]12)c1ccc2ccccc2c1-3. The highest BCUT2D eigenvalue weighted by Gasteiger charge is 2.70. The Balaban J connectivity index is 1.81. The highest BCUT2D eigenvalue weighted by atomic mass is 16.6. The maximum Gasteiger partial charge on any atom is 0.149 e. The van der Waals surface area contributed by atoms with Crippen molar-refractivity contribution in [3.05, 3.63) is 71.3 Å². The molecule has 0 bridgehead atoms. The van der Waals surface area contributed by atoms with Crippen LogP contribution in [-0.4, -0.2) is 22.4 Å². The Morgan fingerprint density at radius 2 is 1.78 bits per heavy atom. The van der Waals surface area contributed by atoms with Crippen LogP contribution in [0.1, 0.15) is 22.8 Å². The molecule has 0 amide bonds. The van der Waals surface area contributed by atoms with Gasteiger partial charge in [-0.3, -0.25) is 0 Å². The standard InChI is InChI=1S/C20H14O3/c21-17-13-7-3-6-12-15-11-5-2-1-4-10(11)8-9-14(15)20(16(12)13)19(23-20)18(17)22/h1-9,17-19,21-22H/t17-,18+,19+,20-/m1/s1. The van der Waals surface area contributed by atoms with E-state index in [1.54, 1.807) is 0 Å². The lowest BCUT2D eigenvalue weighted by atomic mass is 9.79. The summed E-state index contributed by atoms with van der Waals surface area (Å²) in [5.41, 5.74) is 4.71. The van der Waals surface area contributed by atoms with Gasteiger partial charge in [0.1, 0.15) is 23.9 Å². The first kappa shape index (κ1) is 12.3. The summed E-state index contributed by atoms with van der Waals surface area (Å²) in [6.07, 6.45) is -2.12. The third kappa shape index (κ3) is 1.18. The van der Waals surface area contributed by atoms with Gasteiger partial charge in [-0.05, 0) is 33.0 Å². The summed E-state index contributed by atoms with van der Waals surface area (Å²) in [6.45, 7) is 0. The van der Waals surface area contributed by atoms with Gasteiger partial charge in [0.25, 0.3) is 0 Å². The van der Waals surface area contributed by atoms with Gasteiger partial charge < -0.3 is 14.9 Å². The molecule has 4 atom stereocenters. The Bertz CT molecular complexity index is 1010. The van der Waals surface area contributed by atoms with Gasteiger partial charge in [0.15, 0.2) is 0 Å². The highest BCUT2D eigenvalue weighted by Crippen LogP contribution is 2.67. The van der Waals surface area contributed by atoms with Crippen LogP contribution in [0, 0.1) is 0 Å². The van der Waals surface area contributed by atoms with Crippen molar-refractivity contribution in [2.75, 3.05) is 0 Å². The van der Waals surface area contributed by atoms with Crippen LogP contribution in [0.5, 0.6) is 0 Å². The maximum absolute atomic E-state index is 10.5. The zero-order valence-corrected chi connectivity index (χ0v) is 12.2. The summed E-state index contributed by atoms with van der Waals surface area (Å²) < 4.78 is 6.04. The molecule has 6 rings (SSSR count). The lowest BCUT2D eigenvalue weighted by Gasteiger charge is -2.26. The van der Waals surface area contributed by atoms with E-state index in [2.05, 4.69) is 30.3 Å². The Kier molecular flexibility index (Phi) is 1.94. The fraction of sp³-hybridized carbons (Fsp3) is 0.200. The van der Waals surface area contributed by atoms with Gasteiger partial charge in [-0.2, -0.15) is 0 Å². The third-order valence-corrected chi connectivity index (χ3v) is 5.68. The van der Waals surface area contributed by atoms with Crippen molar-refractivity contribution in [3.8, 4) is 11.1 Å². The highest BCUT2D eigenvalue weighted by molar-refractivity contribution is 6.03. The van der Waals surface area contributed by atoms with E-state index in [0.717, 1.165) is 22.3 Å². The minimum Gasteiger partial charge on any atom is -0.387 e. The summed E-state index contributed by atoms with van der Waals surface area (Å²) in [5, 5.41) is 23.3. The lowest BCUT2D eigenvalue weighted by molar-refractivity contribution is -0.000531. The quantitative estimate of drug-likeness (QED) is 0.628. The number of aliphatic hydroxyl groups is 2. The summed E-state index contributed by atoms with van der Waals surface area (Å²) in [4.78, 5) is 0. The molecule has 0 radical (unpaired) electrons.